The van der Waals surface area contributed by atoms with E-state index in [-0.39, 0.29) is 5.41 Å². The molecule has 0 unspecified atom stereocenters. The maximum Gasteiger partial charge on any atom is 0.223 e. The highest BCUT2D eigenvalue weighted by Gasteiger charge is 2.26. The lowest BCUT2D eigenvalue weighted by Gasteiger charge is -2.36. The third-order valence-electron chi connectivity index (χ3n) is 2.68. The van der Waals surface area contributed by atoms with Crippen molar-refractivity contribution in [1.82, 2.24) is 10.2 Å². The van der Waals surface area contributed by atoms with Gasteiger partial charge in [-0.15, -0.1) is 0 Å². The molecule has 1 N–H and O–H groups in total. The van der Waals surface area contributed by atoms with Gasteiger partial charge < -0.3 is 10.2 Å². The molecule has 1 aliphatic rings. The van der Waals surface area contributed by atoms with Crippen LogP contribution in [0, 0.1) is 11.3 Å². The Kier molecular flexibility index (Phi) is 4.14. The van der Waals surface area contributed by atoms with E-state index in [1.54, 1.807) is 0 Å². The Morgan fingerprint density at radius 1 is 1.47 bits per heavy atom. The second-order valence-corrected chi connectivity index (χ2v) is 5.76. The highest BCUT2D eigenvalue weighted by atomic mass is 16.2. The average Bonchev–Trinajstić information content (AvgIpc) is 2.08. The molecular formula is C12H24N2O. The van der Waals surface area contributed by atoms with Gasteiger partial charge in [0.1, 0.15) is 0 Å². The topological polar surface area (TPSA) is 32.3 Å². The van der Waals surface area contributed by atoms with Crippen molar-refractivity contribution in [3.63, 3.8) is 0 Å². The van der Waals surface area contributed by atoms with Gasteiger partial charge in [-0.25, -0.2) is 0 Å². The Morgan fingerprint density at radius 3 is 2.73 bits per heavy atom. The molecule has 0 aromatic heterocycles. The Morgan fingerprint density at radius 2 is 2.13 bits per heavy atom. The summed E-state index contributed by atoms with van der Waals surface area (Å²) in [5.74, 6) is 0.848. The molecule has 1 amide bonds. The van der Waals surface area contributed by atoms with Gasteiger partial charge in [0.25, 0.3) is 0 Å². The average molecular weight is 212 g/mol. The first kappa shape index (κ1) is 12.5. The number of nitrogens with one attached hydrogen (secondary N) is 1. The number of hydrogen-bond donors (Lipinski definition) is 1. The molecule has 1 heterocycles. The van der Waals surface area contributed by atoms with Crippen LogP contribution in [0.3, 0.4) is 0 Å². The van der Waals surface area contributed by atoms with E-state index < -0.39 is 0 Å². The second-order valence-electron chi connectivity index (χ2n) is 5.76. The van der Waals surface area contributed by atoms with Gasteiger partial charge in [-0.3, -0.25) is 4.79 Å². The van der Waals surface area contributed by atoms with Crippen LogP contribution in [0.25, 0.3) is 0 Å². The number of hydrogen-bond acceptors (Lipinski definition) is 2. The molecule has 15 heavy (non-hydrogen) atoms. The van der Waals surface area contributed by atoms with Crippen molar-refractivity contribution >= 4 is 5.91 Å². The van der Waals surface area contributed by atoms with Crippen molar-refractivity contribution in [2.75, 3.05) is 26.2 Å². The van der Waals surface area contributed by atoms with Crippen LogP contribution in [0.5, 0.6) is 0 Å². The third kappa shape index (κ3) is 4.20. The predicted molar refractivity (Wildman–Crippen MR) is 62.7 cm³/mol. The van der Waals surface area contributed by atoms with Crippen LogP contribution in [0.4, 0.5) is 0 Å². The summed E-state index contributed by atoms with van der Waals surface area (Å²) in [5.41, 5.74) is 0.185. The smallest absolute Gasteiger partial charge is 0.223 e. The summed E-state index contributed by atoms with van der Waals surface area (Å²) < 4.78 is 0. The number of carbonyl (C=O) groups is 1. The standard InChI is InChI=1S/C12H24N2O/c1-10(2)7-14-9-12(3,4)8-13-6-5-11(14)15/h10,13H,5-9H2,1-4H3. The first-order valence-electron chi connectivity index (χ1n) is 5.89. The van der Waals surface area contributed by atoms with Crippen LogP contribution in [-0.2, 0) is 4.79 Å². The van der Waals surface area contributed by atoms with Gasteiger partial charge in [-0.1, -0.05) is 27.7 Å². The Bertz CT molecular complexity index is 224. The quantitative estimate of drug-likeness (QED) is 0.752. The van der Waals surface area contributed by atoms with Gasteiger partial charge in [0.15, 0.2) is 0 Å². The molecule has 0 saturated carbocycles. The summed E-state index contributed by atoms with van der Waals surface area (Å²) in [6.07, 6.45) is 0.642. The zero-order valence-electron chi connectivity index (χ0n) is 10.5. The van der Waals surface area contributed by atoms with E-state index in [9.17, 15) is 4.79 Å². The number of nitrogens with zero attached hydrogens (tertiary/aromatic N) is 1. The molecule has 88 valence electrons. The monoisotopic (exact) mass is 212 g/mol. The Balaban J connectivity index is 2.65. The van der Waals surface area contributed by atoms with Crippen LogP contribution >= 0.6 is 0 Å². The molecule has 0 aliphatic carbocycles. The first-order chi connectivity index (χ1) is 6.91. The highest BCUT2D eigenvalue weighted by Crippen LogP contribution is 2.19. The molecule has 0 bridgehead atoms. The highest BCUT2D eigenvalue weighted by molar-refractivity contribution is 5.76. The fraction of sp³-hybridized carbons (Fsp3) is 0.917. The molecular weight excluding hydrogens is 188 g/mol. The van der Waals surface area contributed by atoms with Gasteiger partial charge >= 0.3 is 0 Å². The molecule has 0 atom stereocenters. The molecule has 3 nitrogen and oxygen atoms in total. The van der Waals surface area contributed by atoms with Gasteiger partial charge in [-0.05, 0) is 11.3 Å². The van der Waals surface area contributed by atoms with Crippen LogP contribution < -0.4 is 5.32 Å². The van der Waals surface area contributed by atoms with Gasteiger partial charge in [0.05, 0.1) is 0 Å². The van der Waals surface area contributed by atoms with Crippen LogP contribution in [0.15, 0.2) is 0 Å². The largest absolute Gasteiger partial charge is 0.342 e. The molecule has 1 rings (SSSR count). The summed E-state index contributed by atoms with van der Waals surface area (Å²) in [6, 6.07) is 0. The molecule has 1 saturated heterocycles. The number of rotatable bonds is 2. The van der Waals surface area contributed by atoms with Crippen molar-refractivity contribution < 1.29 is 4.79 Å². The third-order valence-corrected chi connectivity index (χ3v) is 2.68. The SMILES string of the molecule is CC(C)CN1CC(C)(C)CNCCC1=O. The molecule has 0 radical (unpaired) electrons. The van der Waals surface area contributed by atoms with E-state index >= 15 is 0 Å². The molecule has 3 heteroatoms. The predicted octanol–water partition coefficient (Wildman–Crippen LogP) is 1.49. The summed E-state index contributed by atoms with van der Waals surface area (Å²) >= 11 is 0. The van der Waals surface area contributed by atoms with Crippen LogP contribution in [0.1, 0.15) is 34.1 Å². The maximum atomic E-state index is 11.9. The van der Waals surface area contributed by atoms with Gasteiger partial charge in [0, 0.05) is 32.6 Å². The van der Waals surface area contributed by atoms with Crippen molar-refractivity contribution in [3.8, 4) is 0 Å². The summed E-state index contributed by atoms with van der Waals surface area (Å²) in [7, 11) is 0. The summed E-state index contributed by atoms with van der Waals surface area (Å²) in [6.45, 7) is 12.3. The normalized spacial score (nSPS) is 22.7. The van der Waals surface area contributed by atoms with Crippen LogP contribution in [-0.4, -0.2) is 37.0 Å². The van der Waals surface area contributed by atoms with E-state index in [4.69, 9.17) is 0 Å². The van der Waals surface area contributed by atoms with Crippen molar-refractivity contribution in [2.45, 2.75) is 34.1 Å². The minimum atomic E-state index is 0.185. The first-order valence-corrected chi connectivity index (χ1v) is 5.89. The minimum Gasteiger partial charge on any atom is -0.342 e. The number of carbonyl (C=O) groups excluding carboxylic acids is 1. The van der Waals surface area contributed by atoms with Crippen molar-refractivity contribution in [2.24, 2.45) is 11.3 Å². The summed E-state index contributed by atoms with van der Waals surface area (Å²) in [4.78, 5) is 13.9. The van der Waals surface area contributed by atoms with E-state index in [2.05, 4.69) is 33.0 Å². The number of amides is 1. The minimum absolute atomic E-state index is 0.185. The Hall–Kier alpha value is -0.570. The molecule has 1 fully saturated rings. The lowest BCUT2D eigenvalue weighted by atomic mass is 9.91. The van der Waals surface area contributed by atoms with Crippen molar-refractivity contribution in [1.29, 1.82) is 0 Å². The second kappa shape index (κ2) is 4.97. The zero-order valence-corrected chi connectivity index (χ0v) is 10.5. The van der Waals surface area contributed by atoms with E-state index in [1.165, 1.54) is 0 Å². The van der Waals surface area contributed by atoms with E-state index in [0.29, 0.717) is 18.2 Å². The van der Waals surface area contributed by atoms with E-state index in [1.807, 2.05) is 4.90 Å². The molecule has 0 spiro atoms. The summed E-state index contributed by atoms with van der Waals surface area (Å²) in [5, 5.41) is 3.33. The zero-order chi connectivity index (χ0) is 11.5. The van der Waals surface area contributed by atoms with Gasteiger partial charge in [-0.2, -0.15) is 0 Å². The molecule has 0 aromatic carbocycles. The maximum absolute atomic E-state index is 11.9. The fourth-order valence-corrected chi connectivity index (χ4v) is 2.05. The molecule has 1 aliphatic heterocycles. The van der Waals surface area contributed by atoms with E-state index in [0.717, 1.165) is 26.2 Å². The van der Waals surface area contributed by atoms with Gasteiger partial charge in [0.2, 0.25) is 5.91 Å². The lowest BCUT2D eigenvalue weighted by molar-refractivity contribution is -0.133. The van der Waals surface area contributed by atoms with Crippen molar-refractivity contribution in [3.05, 3.63) is 0 Å². The van der Waals surface area contributed by atoms with Crippen LogP contribution in [0.2, 0.25) is 0 Å². The Labute approximate surface area is 93.2 Å². The fourth-order valence-electron chi connectivity index (χ4n) is 2.05. The molecule has 0 aromatic rings. The lowest BCUT2D eigenvalue weighted by Crippen LogP contribution is -2.48.